The quantitative estimate of drug-likeness (QED) is 0.891. The number of piperazine rings is 1. The molecule has 1 amide bonds. The number of rotatable bonds is 5. The van der Waals surface area contributed by atoms with Gasteiger partial charge in [-0.05, 0) is 31.7 Å². The van der Waals surface area contributed by atoms with Crippen LogP contribution in [-0.4, -0.2) is 65.2 Å². The van der Waals surface area contributed by atoms with Crippen molar-refractivity contribution in [2.75, 3.05) is 26.2 Å². The molecule has 2 aliphatic rings. The van der Waals surface area contributed by atoms with Crippen LogP contribution in [0.1, 0.15) is 31.7 Å². The summed E-state index contributed by atoms with van der Waals surface area (Å²) in [6, 6.07) is 10.2. The van der Waals surface area contributed by atoms with E-state index in [2.05, 4.69) is 4.90 Å². The molecule has 0 aromatic heterocycles. The van der Waals surface area contributed by atoms with Gasteiger partial charge in [0.05, 0.1) is 12.7 Å². The highest BCUT2D eigenvalue weighted by Crippen LogP contribution is 2.25. The molecule has 5 nitrogen and oxygen atoms in total. The summed E-state index contributed by atoms with van der Waals surface area (Å²) in [7, 11) is 0. The first-order valence-corrected chi connectivity index (χ1v) is 9.01. The summed E-state index contributed by atoms with van der Waals surface area (Å²) in [5.74, 6) is 0.0672. The summed E-state index contributed by atoms with van der Waals surface area (Å²) in [4.78, 5) is 16.8. The number of nitrogens with zero attached hydrogens (tertiary/aromatic N) is 2. The minimum absolute atomic E-state index is 0.0672. The SMILES string of the molecule is C[C@H](OCc1ccccc1)C(=O)N1CCN([C@@H]2CCC[C@@H]2O)CC1. The third-order valence-electron chi connectivity index (χ3n) is 5.23. The van der Waals surface area contributed by atoms with E-state index < -0.39 is 6.10 Å². The first-order valence-electron chi connectivity index (χ1n) is 9.01. The van der Waals surface area contributed by atoms with Crippen molar-refractivity contribution < 1.29 is 14.6 Å². The fraction of sp³-hybridized carbons (Fsp3) is 0.632. The van der Waals surface area contributed by atoms with Crippen LogP contribution in [0.25, 0.3) is 0 Å². The number of carbonyl (C=O) groups excluding carboxylic acids is 1. The molecule has 1 saturated carbocycles. The summed E-state index contributed by atoms with van der Waals surface area (Å²) in [5.41, 5.74) is 1.08. The lowest BCUT2D eigenvalue weighted by Gasteiger charge is -2.39. The molecule has 5 heteroatoms. The lowest BCUT2D eigenvalue weighted by atomic mass is 10.1. The van der Waals surface area contributed by atoms with Gasteiger partial charge >= 0.3 is 0 Å². The molecule has 1 aromatic rings. The number of hydrogen-bond donors (Lipinski definition) is 1. The summed E-state index contributed by atoms with van der Waals surface area (Å²) in [6.07, 6.45) is 2.48. The van der Waals surface area contributed by atoms with Crippen molar-refractivity contribution in [3.63, 3.8) is 0 Å². The average Bonchev–Trinajstić information content (AvgIpc) is 3.06. The molecule has 24 heavy (non-hydrogen) atoms. The van der Waals surface area contributed by atoms with Gasteiger partial charge in [0.15, 0.2) is 0 Å². The van der Waals surface area contributed by atoms with E-state index in [1.54, 1.807) is 0 Å². The van der Waals surface area contributed by atoms with Gasteiger partial charge in [-0.2, -0.15) is 0 Å². The summed E-state index contributed by atoms with van der Waals surface area (Å²) in [6.45, 7) is 5.43. The van der Waals surface area contributed by atoms with Crippen LogP contribution in [0.5, 0.6) is 0 Å². The highest BCUT2D eigenvalue weighted by atomic mass is 16.5. The van der Waals surface area contributed by atoms with E-state index in [9.17, 15) is 9.90 Å². The monoisotopic (exact) mass is 332 g/mol. The Kier molecular flexibility index (Phi) is 5.87. The standard InChI is InChI=1S/C19H28N2O3/c1-15(24-14-16-6-3-2-4-7-16)19(23)21-12-10-20(11-13-21)17-8-5-9-18(17)22/h2-4,6-7,15,17-18,22H,5,8-14H2,1H3/t15-,17+,18-/m0/s1. The van der Waals surface area contributed by atoms with Crippen LogP contribution >= 0.6 is 0 Å². The molecule has 0 unspecified atom stereocenters. The van der Waals surface area contributed by atoms with Crippen molar-refractivity contribution in [2.45, 2.75) is 51.0 Å². The smallest absolute Gasteiger partial charge is 0.251 e. The van der Waals surface area contributed by atoms with E-state index in [0.717, 1.165) is 51.0 Å². The van der Waals surface area contributed by atoms with Crippen LogP contribution in [0.4, 0.5) is 0 Å². The molecule has 1 saturated heterocycles. The molecule has 1 aliphatic carbocycles. The fourth-order valence-corrected chi connectivity index (χ4v) is 3.74. The predicted octanol–water partition coefficient (Wildman–Crippen LogP) is 1.65. The van der Waals surface area contributed by atoms with Gasteiger partial charge < -0.3 is 14.7 Å². The highest BCUT2D eigenvalue weighted by Gasteiger charge is 2.34. The first kappa shape index (κ1) is 17.4. The van der Waals surface area contributed by atoms with Crippen LogP contribution in [0.3, 0.4) is 0 Å². The van der Waals surface area contributed by atoms with Gasteiger partial charge in [-0.1, -0.05) is 30.3 Å². The van der Waals surface area contributed by atoms with E-state index in [1.165, 1.54) is 0 Å². The van der Waals surface area contributed by atoms with Crippen molar-refractivity contribution in [3.05, 3.63) is 35.9 Å². The number of hydrogen-bond acceptors (Lipinski definition) is 4. The number of carbonyl (C=O) groups is 1. The van der Waals surface area contributed by atoms with Crippen LogP contribution in [0, 0.1) is 0 Å². The summed E-state index contributed by atoms with van der Waals surface area (Å²) in [5, 5.41) is 10.0. The number of aliphatic hydroxyl groups is 1. The Morgan fingerprint density at radius 3 is 2.54 bits per heavy atom. The topological polar surface area (TPSA) is 53.0 Å². The van der Waals surface area contributed by atoms with Crippen molar-refractivity contribution in [2.24, 2.45) is 0 Å². The lowest BCUT2D eigenvalue weighted by Crippen LogP contribution is -2.55. The Morgan fingerprint density at radius 2 is 1.92 bits per heavy atom. The second-order valence-corrected chi connectivity index (χ2v) is 6.87. The highest BCUT2D eigenvalue weighted by molar-refractivity contribution is 5.80. The van der Waals surface area contributed by atoms with Crippen LogP contribution in [0.2, 0.25) is 0 Å². The van der Waals surface area contributed by atoms with E-state index in [1.807, 2.05) is 42.2 Å². The molecule has 1 aliphatic heterocycles. The van der Waals surface area contributed by atoms with Crippen LogP contribution < -0.4 is 0 Å². The number of benzene rings is 1. The molecule has 3 rings (SSSR count). The number of aliphatic hydroxyl groups excluding tert-OH is 1. The Morgan fingerprint density at radius 1 is 1.21 bits per heavy atom. The molecule has 1 N–H and O–H groups in total. The van der Waals surface area contributed by atoms with Crippen LogP contribution in [-0.2, 0) is 16.1 Å². The normalized spacial score (nSPS) is 26.5. The Hall–Kier alpha value is -1.43. The largest absolute Gasteiger partial charge is 0.391 e. The van der Waals surface area contributed by atoms with Gasteiger partial charge in [-0.25, -0.2) is 0 Å². The minimum Gasteiger partial charge on any atom is -0.391 e. The average molecular weight is 332 g/mol. The Balaban J connectivity index is 1.44. The molecule has 1 aromatic carbocycles. The van der Waals surface area contributed by atoms with E-state index in [-0.39, 0.29) is 18.1 Å². The third kappa shape index (κ3) is 4.15. The van der Waals surface area contributed by atoms with Gasteiger partial charge in [-0.15, -0.1) is 0 Å². The van der Waals surface area contributed by atoms with Crippen molar-refractivity contribution in [1.29, 1.82) is 0 Å². The molecule has 2 fully saturated rings. The molecule has 3 atom stereocenters. The zero-order chi connectivity index (χ0) is 16.9. The Labute approximate surface area is 144 Å². The van der Waals surface area contributed by atoms with E-state index in [4.69, 9.17) is 4.74 Å². The molecule has 0 spiro atoms. The minimum atomic E-state index is -0.422. The second kappa shape index (κ2) is 8.10. The van der Waals surface area contributed by atoms with E-state index >= 15 is 0 Å². The van der Waals surface area contributed by atoms with Gasteiger partial charge in [0.2, 0.25) is 0 Å². The molecule has 132 valence electrons. The Bertz CT molecular complexity index is 529. The predicted molar refractivity (Wildman–Crippen MR) is 92.5 cm³/mol. The molecular weight excluding hydrogens is 304 g/mol. The fourth-order valence-electron chi connectivity index (χ4n) is 3.74. The summed E-state index contributed by atoms with van der Waals surface area (Å²) < 4.78 is 5.74. The van der Waals surface area contributed by atoms with Crippen LogP contribution in [0.15, 0.2) is 30.3 Å². The summed E-state index contributed by atoms with van der Waals surface area (Å²) >= 11 is 0. The number of amides is 1. The van der Waals surface area contributed by atoms with Gasteiger partial charge in [0.1, 0.15) is 6.10 Å². The zero-order valence-corrected chi connectivity index (χ0v) is 14.4. The number of ether oxygens (including phenoxy) is 1. The molecule has 0 radical (unpaired) electrons. The third-order valence-corrected chi connectivity index (χ3v) is 5.23. The first-order chi connectivity index (χ1) is 11.6. The molecule has 1 heterocycles. The molecular formula is C19H28N2O3. The van der Waals surface area contributed by atoms with Gasteiger partial charge in [-0.3, -0.25) is 9.69 Å². The van der Waals surface area contributed by atoms with Gasteiger partial charge in [0.25, 0.3) is 5.91 Å². The van der Waals surface area contributed by atoms with Crippen molar-refractivity contribution >= 4 is 5.91 Å². The zero-order valence-electron chi connectivity index (χ0n) is 14.4. The van der Waals surface area contributed by atoms with Crippen molar-refractivity contribution in [3.8, 4) is 0 Å². The maximum atomic E-state index is 12.5. The maximum absolute atomic E-state index is 12.5. The van der Waals surface area contributed by atoms with Gasteiger partial charge in [0, 0.05) is 32.2 Å². The maximum Gasteiger partial charge on any atom is 0.251 e. The molecule has 0 bridgehead atoms. The van der Waals surface area contributed by atoms with Crippen molar-refractivity contribution in [1.82, 2.24) is 9.80 Å². The lowest BCUT2D eigenvalue weighted by molar-refractivity contribution is -0.145. The second-order valence-electron chi connectivity index (χ2n) is 6.87. The van der Waals surface area contributed by atoms with E-state index in [0.29, 0.717) is 6.61 Å².